The van der Waals surface area contributed by atoms with Gasteiger partial charge in [-0.25, -0.2) is 4.98 Å². The average Bonchev–Trinajstić information content (AvgIpc) is 2.97. The standard InChI is InChI=1S/C17H23N3O3S2/c1-10(8-21)18-14(22)6-7-24-9-13-19-16(23)15-11-4-2-3-5-12(11)25-17(15)20-13/h10,21H,2-9H2,1H3,(H,18,22)(H,19,20,23)/t10-/m1/s1. The lowest BCUT2D eigenvalue weighted by molar-refractivity contribution is -0.121. The second-order valence-corrected chi connectivity index (χ2v) is 8.55. The van der Waals surface area contributed by atoms with E-state index in [0.29, 0.717) is 23.8 Å². The fourth-order valence-electron chi connectivity index (χ4n) is 3.00. The molecular weight excluding hydrogens is 358 g/mol. The zero-order valence-corrected chi connectivity index (χ0v) is 15.9. The van der Waals surface area contributed by atoms with Gasteiger partial charge in [-0.3, -0.25) is 9.59 Å². The lowest BCUT2D eigenvalue weighted by Gasteiger charge is -2.10. The molecule has 2 aromatic heterocycles. The van der Waals surface area contributed by atoms with E-state index in [1.807, 2.05) is 0 Å². The summed E-state index contributed by atoms with van der Waals surface area (Å²) in [6.07, 6.45) is 4.76. The zero-order chi connectivity index (χ0) is 17.8. The van der Waals surface area contributed by atoms with Gasteiger partial charge in [0, 0.05) is 23.1 Å². The number of nitrogens with zero attached hydrogens (tertiary/aromatic N) is 1. The van der Waals surface area contributed by atoms with Crippen LogP contribution in [0.1, 0.15) is 42.5 Å². The number of nitrogens with one attached hydrogen (secondary N) is 2. The van der Waals surface area contributed by atoms with E-state index >= 15 is 0 Å². The van der Waals surface area contributed by atoms with Crippen molar-refractivity contribution >= 4 is 39.2 Å². The molecule has 1 aliphatic rings. The molecule has 0 unspecified atom stereocenters. The van der Waals surface area contributed by atoms with Crippen LogP contribution in [0.3, 0.4) is 0 Å². The van der Waals surface area contributed by atoms with Gasteiger partial charge in [0.1, 0.15) is 10.7 Å². The first kappa shape index (κ1) is 18.4. The number of aryl methyl sites for hydroxylation is 2. The van der Waals surface area contributed by atoms with E-state index in [2.05, 4.69) is 15.3 Å². The van der Waals surface area contributed by atoms with Crippen LogP contribution in [-0.4, -0.2) is 39.4 Å². The topological polar surface area (TPSA) is 95.1 Å². The van der Waals surface area contributed by atoms with Crippen molar-refractivity contribution in [2.75, 3.05) is 12.4 Å². The minimum atomic E-state index is -0.220. The molecule has 0 saturated heterocycles. The van der Waals surface area contributed by atoms with Crippen molar-refractivity contribution < 1.29 is 9.90 Å². The summed E-state index contributed by atoms with van der Waals surface area (Å²) in [5.41, 5.74) is 1.17. The number of thiophene rings is 1. The Morgan fingerprint density at radius 2 is 2.24 bits per heavy atom. The van der Waals surface area contributed by atoms with Crippen LogP contribution >= 0.6 is 23.1 Å². The van der Waals surface area contributed by atoms with Crippen LogP contribution in [0, 0.1) is 0 Å². The summed E-state index contributed by atoms with van der Waals surface area (Å²) in [7, 11) is 0. The lowest BCUT2D eigenvalue weighted by atomic mass is 9.97. The number of aromatic nitrogens is 2. The molecule has 0 fully saturated rings. The smallest absolute Gasteiger partial charge is 0.259 e. The van der Waals surface area contributed by atoms with E-state index < -0.39 is 0 Å². The van der Waals surface area contributed by atoms with Crippen molar-refractivity contribution in [3.63, 3.8) is 0 Å². The number of H-pyrrole nitrogens is 1. The minimum absolute atomic E-state index is 0.0329. The van der Waals surface area contributed by atoms with Crippen molar-refractivity contribution in [3.05, 3.63) is 26.6 Å². The summed E-state index contributed by atoms with van der Waals surface area (Å²) in [5, 5.41) is 12.4. The van der Waals surface area contributed by atoms with Crippen molar-refractivity contribution in [2.24, 2.45) is 0 Å². The molecule has 1 aliphatic carbocycles. The van der Waals surface area contributed by atoms with Crippen molar-refractivity contribution in [3.8, 4) is 0 Å². The number of fused-ring (bicyclic) bond motifs is 3. The minimum Gasteiger partial charge on any atom is -0.394 e. The number of aromatic amines is 1. The first-order valence-corrected chi connectivity index (χ1v) is 10.6. The van der Waals surface area contributed by atoms with Gasteiger partial charge < -0.3 is 15.4 Å². The lowest BCUT2D eigenvalue weighted by Crippen LogP contribution is -2.35. The molecule has 2 heterocycles. The van der Waals surface area contributed by atoms with Gasteiger partial charge in [-0.1, -0.05) is 0 Å². The number of amides is 1. The highest BCUT2D eigenvalue weighted by Gasteiger charge is 2.19. The first-order chi connectivity index (χ1) is 12.1. The van der Waals surface area contributed by atoms with Gasteiger partial charge in [0.15, 0.2) is 0 Å². The second-order valence-electron chi connectivity index (χ2n) is 6.36. The van der Waals surface area contributed by atoms with Gasteiger partial charge in [0.25, 0.3) is 5.56 Å². The van der Waals surface area contributed by atoms with Crippen molar-refractivity contribution in [1.29, 1.82) is 0 Å². The summed E-state index contributed by atoms with van der Waals surface area (Å²) in [6, 6.07) is -0.220. The van der Waals surface area contributed by atoms with Crippen LogP contribution in [0.5, 0.6) is 0 Å². The Kier molecular flexibility index (Phi) is 6.14. The third-order valence-corrected chi connectivity index (χ3v) is 6.42. The number of hydrogen-bond donors (Lipinski definition) is 3. The number of aliphatic hydroxyl groups is 1. The predicted molar refractivity (Wildman–Crippen MR) is 102 cm³/mol. The van der Waals surface area contributed by atoms with Gasteiger partial charge in [-0.2, -0.15) is 11.8 Å². The largest absolute Gasteiger partial charge is 0.394 e. The SMILES string of the molecule is C[C@H](CO)NC(=O)CCSCc1nc2sc3c(c2c(=O)[nH]1)CCCC3. The van der Waals surface area contributed by atoms with Crippen molar-refractivity contribution in [1.82, 2.24) is 15.3 Å². The quantitative estimate of drug-likeness (QED) is 0.638. The third kappa shape index (κ3) is 4.43. The summed E-state index contributed by atoms with van der Waals surface area (Å²) in [5.74, 6) is 1.82. The number of carbonyl (C=O) groups is 1. The Balaban J connectivity index is 1.59. The van der Waals surface area contributed by atoms with Crippen LogP contribution in [0.4, 0.5) is 0 Å². The van der Waals surface area contributed by atoms with E-state index in [-0.39, 0.29) is 24.1 Å². The highest BCUT2D eigenvalue weighted by Crippen LogP contribution is 2.33. The van der Waals surface area contributed by atoms with Gasteiger partial charge in [0.2, 0.25) is 5.91 Å². The third-order valence-electron chi connectivity index (χ3n) is 4.27. The molecule has 1 atom stereocenters. The van der Waals surface area contributed by atoms with Crippen LogP contribution in [-0.2, 0) is 23.4 Å². The van der Waals surface area contributed by atoms with Gasteiger partial charge >= 0.3 is 0 Å². The van der Waals surface area contributed by atoms with Crippen LogP contribution in [0.25, 0.3) is 10.2 Å². The highest BCUT2D eigenvalue weighted by atomic mass is 32.2. The van der Waals surface area contributed by atoms with E-state index in [1.165, 1.54) is 16.9 Å². The number of carbonyl (C=O) groups excluding carboxylic acids is 1. The molecule has 3 rings (SSSR count). The van der Waals surface area contributed by atoms with Crippen LogP contribution in [0.15, 0.2) is 4.79 Å². The molecule has 136 valence electrons. The number of aliphatic hydroxyl groups excluding tert-OH is 1. The van der Waals surface area contributed by atoms with E-state index in [4.69, 9.17) is 5.11 Å². The molecule has 0 saturated carbocycles. The van der Waals surface area contributed by atoms with Gasteiger partial charge in [-0.05, 0) is 38.2 Å². The molecule has 2 aromatic rings. The molecule has 0 radical (unpaired) electrons. The predicted octanol–water partition coefficient (Wildman–Crippen LogP) is 1.98. The zero-order valence-electron chi connectivity index (χ0n) is 14.3. The Morgan fingerprint density at radius 1 is 1.44 bits per heavy atom. The summed E-state index contributed by atoms with van der Waals surface area (Å²) < 4.78 is 0. The van der Waals surface area contributed by atoms with E-state index in [9.17, 15) is 9.59 Å². The van der Waals surface area contributed by atoms with Gasteiger partial charge in [0.05, 0.1) is 17.7 Å². The Labute approximate surface area is 154 Å². The van der Waals surface area contributed by atoms with Crippen LogP contribution in [0.2, 0.25) is 0 Å². The molecular formula is C17H23N3O3S2. The molecule has 3 N–H and O–H groups in total. The average molecular weight is 382 g/mol. The Bertz CT molecular complexity index is 815. The molecule has 8 heteroatoms. The fourth-order valence-corrected chi connectivity index (χ4v) is 5.09. The molecule has 0 aliphatic heterocycles. The van der Waals surface area contributed by atoms with Crippen LogP contribution < -0.4 is 10.9 Å². The molecule has 0 spiro atoms. The maximum Gasteiger partial charge on any atom is 0.259 e. The Morgan fingerprint density at radius 3 is 3.04 bits per heavy atom. The fraction of sp³-hybridized carbons (Fsp3) is 0.588. The number of thioether (sulfide) groups is 1. The normalized spacial score (nSPS) is 15.1. The molecule has 6 nitrogen and oxygen atoms in total. The number of hydrogen-bond acceptors (Lipinski definition) is 6. The second kappa shape index (κ2) is 8.33. The van der Waals surface area contributed by atoms with Crippen molar-refractivity contribution in [2.45, 2.75) is 50.8 Å². The molecule has 0 aromatic carbocycles. The van der Waals surface area contributed by atoms with E-state index in [0.717, 1.165) is 29.5 Å². The molecule has 25 heavy (non-hydrogen) atoms. The monoisotopic (exact) mass is 381 g/mol. The maximum atomic E-state index is 12.4. The maximum absolute atomic E-state index is 12.4. The highest BCUT2D eigenvalue weighted by molar-refractivity contribution is 7.98. The molecule has 0 bridgehead atoms. The number of rotatable bonds is 7. The summed E-state index contributed by atoms with van der Waals surface area (Å²) >= 11 is 3.22. The molecule has 1 amide bonds. The summed E-state index contributed by atoms with van der Waals surface area (Å²) in [6.45, 7) is 1.70. The Hall–Kier alpha value is -1.38. The summed E-state index contributed by atoms with van der Waals surface area (Å²) in [4.78, 5) is 33.8. The van der Waals surface area contributed by atoms with E-state index in [1.54, 1.807) is 30.0 Å². The van der Waals surface area contributed by atoms with Gasteiger partial charge in [-0.15, -0.1) is 11.3 Å². The first-order valence-electron chi connectivity index (χ1n) is 8.60.